The fraction of sp³-hybridized carbons (Fsp3) is 0.286. The smallest absolute Gasteiger partial charge is 0.221 e. The Balaban J connectivity index is 1.93. The summed E-state index contributed by atoms with van der Waals surface area (Å²) in [6.07, 6.45) is 1.70. The van der Waals surface area contributed by atoms with Crippen molar-refractivity contribution < 1.29 is 9.53 Å². The van der Waals surface area contributed by atoms with Crippen molar-refractivity contribution in [2.45, 2.75) is 20.0 Å². The number of hydrogen-bond acceptors (Lipinski definition) is 5. The fourth-order valence-electron chi connectivity index (χ4n) is 1.83. The minimum Gasteiger partial charge on any atom is -0.481 e. The van der Waals surface area contributed by atoms with Gasteiger partial charge in [-0.05, 0) is 17.5 Å². The first-order chi connectivity index (χ1) is 9.70. The van der Waals surface area contributed by atoms with E-state index in [9.17, 15) is 4.79 Å². The summed E-state index contributed by atoms with van der Waals surface area (Å²) < 4.78 is 5.20. The zero-order chi connectivity index (χ0) is 14.4. The number of methoxy groups -OCH3 is 1. The molecule has 2 aromatic rings. The molecule has 0 radical (unpaired) electrons. The molecular formula is C14H17N3O2S. The maximum Gasteiger partial charge on any atom is 0.221 e. The third-order valence-electron chi connectivity index (χ3n) is 2.70. The summed E-state index contributed by atoms with van der Waals surface area (Å²) in [6, 6.07) is 5.77. The van der Waals surface area contributed by atoms with Gasteiger partial charge in [0.2, 0.25) is 11.8 Å². The summed E-state index contributed by atoms with van der Waals surface area (Å²) in [5.41, 5.74) is 1.88. The van der Waals surface area contributed by atoms with E-state index < -0.39 is 0 Å². The predicted molar refractivity (Wildman–Crippen MR) is 80.0 cm³/mol. The Labute approximate surface area is 122 Å². The van der Waals surface area contributed by atoms with Gasteiger partial charge in [-0.25, -0.2) is 4.98 Å². The number of aromatic nitrogens is 1. The van der Waals surface area contributed by atoms with Gasteiger partial charge in [-0.3, -0.25) is 4.79 Å². The third-order valence-corrected chi connectivity index (χ3v) is 3.62. The molecular weight excluding hydrogens is 274 g/mol. The molecule has 0 aromatic carbocycles. The van der Waals surface area contributed by atoms with Gasteiger partial charge in [-0.1, -0.05) is 6.07 Å². The zero-order valence-corrected chi connectivity index (χ0v) is 12.3. The van der Waals surface area contributed by atoms with Crippen LogP contribution in [-0.2, 0) is 17.9 Å². The maximum atomic E-state index is 11.1. The first-order valence-electron chi connectivity index (χ1n) is 6.23. The van der Waals surface area contributed by atoms with Crippen LogP contribution in [0.3, 0.4) is 0 Å². The van der Waals surface area contributed by atoms with Crippen molar-refractivity contribution in [3.8, 4) is 5.88 Å². The molecule has 20 heavy (non-hydrogen) atoms. The van der Waals surface area contributed by atoms with Crippen LogP contribution in [-0.4, -0.2) is 18.0 Å². The molecule has 1 amide bonds. The van der Waals surface area contributed by atoms with Crippen LogP contribution in [0.1, 0.15) is 17.4 Å². The second-order valence-electron chi connectivity index (χ2n) is 4.21. The topological polar surface area (TPSA) is 63.2 Å². The summed E-state index contributed by atoms with van der Waals surface area (Å²) in [5.74, 6) is 0.576. The van der Waals surface area contributed by atoms with Crippen molar-refractivity contribution in [2.75, 3.05) is 12.4 Å². The summed E-state index contributed by atoms with van der Waals surface area (Å²) in [6.45, 7) is 2.86. The van der Waals surface area contributed by atoms with Gasteiger partial charge in [0.15, 0.2) is 0 Å². The number of anilines is 1. The average molecular weight is 291 g/mol. The van der Waals surface area contributed by atoms with Crippen LogP contribution in [0.15, 0.2) is 29.8 Å². The number of rotatable bonds is 6. The lowest BCUT2D eigenvalue weighted by Gasteiger charge is -2.09. The quantitative estimate of drug-likeness (QED) is 0.858. The highest BCUT2D eigenvalue weighted by Gasteiger charge is 2.07. The van der Waals surface area contributed by atoms with Crippen LogP contribution in [0.4, 0.5) is 5.69 Å². The molecule has 0 aliphatic carbocycles. The van der Waals surface area contributed by atoms with E-state index in [1.807, 2.05) is 23.6 Å². The molecule has 0 aliphatic heterocycles. The highest BCUT2D eigenvalue weighted by molar-refractivity contribution is 7.10. The van der Waals surface area contributed by atoms with E-state index in [-0.39, 0.29) is 5.91 Å². The average Bonchev–Trinajstić information content (AvgIpc) is 2.86. The van der Waals surface area contributed by atoms with Gasteiger partial charge in [0.25, 0.3) is 0 Å². The Morgan fingerprint density at radius 2 is 2.25 bits per heavy atom. The number of carbonyl (C=O) groups is 1. The lowest BCUT2D eigenvalue weighted by molar-refractivity contribution is -0.114. The van der Waals surface area contributed by atoms with Crippen LogP contribution < -0.4 is 15.4 Å². The van der Waals surface area contributed by atoms with Crippen LogP contribution in [0.25, 0.3) is 0 Å². The van der Waals surface area contributed by atoms with Crippen LogP contribution in [0, 0.1) is 0 Å². The van der Waals surface area contributed by atoms with E-state index in [1.165, 1.54) is 6.92 Å². The van der Waals surface area contributed by atoms with Crippen molar-refractivity contribution >= 4 is 22.9 Å². The van der Waals surface area contributed by atoms with Gasteiger partial charge in [-0.15, -0.1) is 11.3 Å². The van der Waals surface area contributed by atoms with E-state index in [0.29, 0.717) is 19.0 Å². The number of nitrogens with zero attached hydrogens (tertiary/aromatic N) is 1. The predicted octanol–water partition coefficient (Wildman–Crippen LogP) is 2.40. The van der Waals surface area contributed by atoms with E-state index >= 15 is 0 Å². The van der Waals surface area contributed by atoms with E-state index in [0.717, 1.165) is 16.1 Å². The van der Waals surface area contributed by atoms with E-state index in [1.54, 1.807) is 24.6 Å². The van der Waals surface area contributed by atoms with Gasteiger partial charge >= 0.3 is 0 Å². The molecule has 0 bridgehead atoms. The normalized spacial score (nSPS) is 10.3. The van der Waals surface area contributed by atoms with Crippen molar-refractivity contribution in [3.63, 3.8) is 0 Å². The number of nitrogens with one attached hydrogen (secondary N) is 2. The molecule has 0 aliphatic rings. The Kier molecular flexibility index (Phi) is 5.09. The molecule has 0 spiro atoms. The van der Waals surface area contributed by atoms with Crippen molar-refractivity contribution in [1.82, 2.24) is 10.3 Å². The standard InChI is InChI=1S/C14H17N3O2S/c1-10(18)17-12-5-7-20-13(12)9-15-8-11-4-3-6-16-14(11)19-2/h3-7,15H,8-9H2,1-2H3,(H,17,18). The lowest BCUT2D eigenvalue weighted by Crippen LogP contribution is -2.15. The number of amides is 1. The Hall–Kier alpha value is -1.92. The molecule has 0 atom stereocenters. The molecule has 5 nitrogen and oxygen atoms in total. The lowest BCUT2D eigenvalue weighted by atomic mass is 10.2. The minimum atomic E-state index is -0.0569. The monoisotopic (exact) mass is 291 g/mol. The molecule has 0 fully saturated rings. The molecule has 0 saturated carbocycles. The molecule has 2 rings (SSSR count). The molecule has 2 aromatic heterocycles. The van der Waals surface area contributed by atoms with Crippen LogP contribution >= 0.6 is 11.3 Å². The van der Waals surface area contributed by atoms with Gasteiger partial charge < -0.3 is 15.4 Å². The summed E-state index contributed by atoms with van der Waals surface area (Å²) in [4.78, 5) is 16.3. The van der Waals surface area contributed by atoms with Gasteiger partial charge in [0.05, 0.1) is 12.8 Å². The minimum absolute atomic E-state index is 0.0569. The molecule has 6 heteroatoms. The summed E-state index contributed by atoms with van der Waals surface area (Å²) in [7, 11) is 1.61. The highest BCUT2D eigenvalue weighted by atomic mass is 32.1. The summed E-state index contributed by atoms with van der Waals surface area (Å²) >= 11 is 1.61. The summed E-state index contributed by atoms with van der Waals surface area (Å²) in [5, 5.41) is 8.12. The Morgan fingerprint density at radius 1 is 1.40 bits per heavy atom. The van der Waals surface area contributed by atoms with Crippen molar-refractivity contribution in [2.24, 2.45) is 0 Å². The largest absolute Gasteiger partial charge is 0.481 e. The number of carbonyl (C=O) groups excluding carboxylic acids is 1. The highest BCUT2D eigenvalue weighted by Crippen LogP contribution is 2.22. The van der Waals surface area contributed by atoms with Crippen LogP contribution in [0.5, 0.6) is 5.88 Å². The van der Waals surface area contributed by atoms with Gasteiger partial charge in [0.1, 0.15) is 0 Å². The Morgan fingerprint density at radius 3 is 3.00 bits per heavy atom. The number of thiophene rings is 1. The Bertz CT molecular complexity index is 583. The van der Waals surface area contributed by atoms with E-state index in [4.69, 9.17) is 4.74 Å². The molecule has 0 unspecified atom stereocenters. The van der Waals surface area contributed by atoms with Gasteiger partial charge in [-0.2, -0.15) is 0 Å². The molecule has 2 heterocycles. The maximum absolute atomic E-state index is 11.1. The number of hydrogen-bond donors (Lipinski definition) is 2. The molecule has 0 saturated heterocycles. The van der Waals surface area contributed by atoms with Crippen molar-refractivity contribution in [3.05, 3.63) is 40.2 Å². The third kappa shape index (κ3) is 3.79. The number of ether oxygens (including phenoxy) is 1. The second kappa shape index (κ2) is 7.02. The SMILES string of the molecule is COc1ncccc1CNCc1sccc1NC(C)=O. The van der Waals surface area contributed by atoms with Crippen molar-refractivity contribution in [1.29, 1.82) is 0 Å². The van der Waals surface area contributed by atoms with Gasteiger partial charge in [0, 0.05) is 36.7 Å². The molecule has 106 valence electrons. The van der Waals surface area contributed by atoms with Crippen LogP contribution in [0.2, 0.25) is 0 Å². The fourth-order valence-corrected chi connectivity index (χ4v) is 2.63. The van der Waals surface area contributed by atoms with E-state index in [2.05, 4.69) is 15.6 Å². The number of pyridine rings is 1. The first kappa shape index (κ1) is 14.5. The molecule has 2 N–H and O–H groups in total. The first-order valence-corrected chi connectivity index (χ1v) is 7.11. The second-order valence-corrected chi connectivity index (χ2v) is 5.21. The zero-order valence-electron chi connectivity index (χ0n) is 11.5.